The second-order valence-corrected chi connectivity index (χ2v) is 8.93. The summed E-state index contributed by atoms with van der Waals surface area (Å²) >= 11 is 1.57. The third-order valence-corrected chi connectivity index (χ3v) is 6.75. The Hall–Kier alpha value is -1.72. The number of nitrogens with zero attached hydrogens (tertiary/aromatic N) is 2. The summed E-state index contributed by atoms with van der Waals surface area (Å²) in [5, 5.41) is 6.09. The highest BCUT2D eigenvalue weighted by atomic mass is 32.1. The Balaban J connectivity index is 1.24. The SMILES string of the molecule is O=C(NC1CCN(CC2CCCC2)CC1)c1csc(Cc2ccccc2)n1. The fourth-order valence-electron chi connectivity index (χ4n) is 4.34. The first-order valence-electron chi connectivity index (χ1n) is 10.3. The van der Waals surface area contributed by atoms with Crippen LogP contribution < -0.4 is 5.32 Å². The van der Waals surface area contributed by atoms with Crippen LogP contribution in [0.25, 0.3) is 0 Å². The van der Waals surface area contributed by atoms with Gasteiger partial charge in [0.25, 0.3) is 5.91 Å². The van der Waals surface area contributed by atoms with Gasteiger partial charge in [-0.25, -0.2) is 4.98 Å². The molecule has 0 bridgehead atoms. The Bertz CT molecular complexity index is 731. The number of amides is 1. The van der Waals surface area contributed by atoms with E-state index >= 15 is 0 Å². The largest absolute Gasteiger partial charge is 0.348 e. The van der Waals surface area contributed by atoms with Crippen LogP contribution in [0.4, 0.5) is 0 Å². The fourth-order valence-corrected chi connectivity index (χ4v) is 5.15. The molecule has 1 aromatic carbocycles. The van der Waals surface area contributed by atoms with E-state index in [2.05, 4.69) is 27.3 Å². The van der Waals surface area contributed by atoms with Crippen LogP contribution in [0, 0.1) is 5.92 Å². The van der Waals surface area contributed by atoms with E-state index in [1.807, 2.05) is 23.6 Å². The molecule has 27 heavy (non-hydrogen) atoms. The molecule has 1 amide bonds. The number of rotatable bonds is 6. The maximum absolute atomic E-state index is 12.6. The number of carbonyl (C=O) groups excluding carboxylic acids is 1. The van der Waals surface area contributed by atoms with Crippen molar-refractivity contribution in [3.05, 3.63) is 52.0 Å². The van der Waals surface area contributed by atoms with E-state index in [4.69, 9.17) is 0 Å². The monoisotopic (exact) mass is 383 g/mol. The summed E-state index contributed by atoms with van der Waals surface area (Å²) in [5.41, 5.74) is 1.80. The van der Waals surface area contributed by atoms with Crippen LogP contribution >= 0.6 is 11.3 Å². The van der Waals surface area contributed by atoms with E-state index in [1.165, 1.54) is 37.8 Å². The van der Waals surface area contributed by atoms with Gasteiger partial charge in [-0.05, 0) is 37.2 Å². The topological polar surface area (TPSA) is 45.2 Å². The second-order valence-electron chi connectivity index (χ2n) is 7.99. The molecule has 1 N–H and O–H groups in total. The number of carbonyl (C=O) groups is 1. The van der Waals surface area contributed by atoms with Gasteiger partial charge in [-0.3, -0.25) is 4.79 Å². The van der Waals surface area contributed by atoms with Crippen LogP contribution in [0.15, 0.2) is 35.7 Å². The highest BCUT2D eigenvalue weighted by Gasteiger charge is 2.25. The normalized spacial score (nSPS) is 19.4. The number of piperidine rings is 1. The molecule has 2 fully saturated rings. The maximum atomic E-state index is 12.6. The first-order chi connectivity index (χ1) is 13.3. The average Bonchev–Trinajstić information content (AvgIpc) is 3.36. The maximum Gasteiger partial charge on any atom is 0.270 e. The minimum Gasteiger partial charge on any atom is -0.348 e. The van der Waals surface area contributed by atoms with Crippen LogP contribution in [0.3, 0.4) is 0 Å². The molecule has 0 atom stereocenters. The summed E-state index contributed by atoms with van der Waals surface area (Å²) < 4.78 is 0. The lowest BCUT2D eigenvalue weighted by Crippen LogP contribution is -2.45. The van der Waals surface area contributed by atoms with Gasteiger partial charge < -0.3 is 10.2 Å². The molecule has 4 rings (SSSR count). The molecule has 0 unspecified atom stereocenters. The molecule has 2 heterocycles. The molecule has 1 aliphatic heterocycles. The van der Waals surface area contributed by atoms with E-state index in [0.29, 0.717) is 5.69 Å². The van der Waals surface area contributed by atoms with E-state index < -0.39 is 0 Å². The Morgan fingerprint density at radius 3 is 2.59 bits per heavy atom. The molecule has 1 saturated heterocycles. The van der Waals surface area contributed by atoms with Gasteiger partial charge in [0.05, 0.1) is 5.01 Å². The highest BCUT2D eigenvalue weighted by Crippen LogP contribution is 2.26. The minimum atomic E-state index is -0.0141. The lowest BCUT2D eigenvalue weighted by Gasteiger charge is -2.33. The van der Waals surface area contributed by atoms with Crippen LogP contribution in [0.5, 0.6) is 0 Å². The Morgan fingerprint density at radius 2 is 1.85 bits per heavy atom. The summed E-state index contributed by atoms with van der Waals surface area (Å²) in [5.74, 6) is 0.897. The number of likely N-dealkylation sites (tertiary alicyclic amines) is 1. The zero-order valence-corrected chi connectivity index (χ0v) is 16.7. The predicted octanol–water partition coefficient (Wildman–Crippen LogP) is 4.12. The lowest BCUT2D eigenvalue weighted by molar-refractivity contribution is 0.0901. The first kappa shape index (κ1) is 18.6. The second kappa shape index (κ2) is 8.98. The van der Waals surface area contributed by atoms with Crippen molar-refractivity contribution in [2.75, 3.05) is 19.6 Å². The highest BCUT2D eigenvalue weighted by molar-refractivity contribution is 7.09. The Labute approximate surface area is 166 Å². The van der Waals surface area contributed by atoms with Gasteiger partial charge in [-0.15, -0.1) is 11.3 Å². The minimum absolute atomic E-state index is 0.0141. The molecule has 1 saturated carbocycles. The standard InChI is InChI=1S/C22H29N3OS/c26-22(20-16-27-21(24-20)14-17-6-2-1-3-7-17)23-19-10-12-25(13-11-19)15-18-8-4-5-9-18/h1-3,6-7,16,18-19H,4-5,8-15H2,(H,23,26). The van der Waals surface area contributed by atoms with Crippen LogP contribution in [0.2, 0.25) is 0 Å². The third kappa shape index (κ3) is 5.17. The molecule has 2 aliphatic rings. The molecule has 4 nitrogen and oxygen atoms in total. The average molecular weight is 384 g/mol. The van der Waals surface area contributed by atoms with Gasteiger partial charge in [-0.1, -0.05) is 43.2 Å². The van der Waals surface area contributed by atoms with Crippen molar-refractivity contribution >= 4 is 17.2 Å². The van der Waals surface area contributed by atoms with Crippen LogP contribution in [0.1, 0.15) is 59.6 Å². The Kier molecular flexibility index (Phi) is 6.20. The zero-order valence-electron chi connectivity index (χ0n) is 15.9. The molecule has 5 heteroatoms. The zero-order chi connectivity index (χ0) is 18.5. The number of aromatic nitrogens is 1. The van der Waals surface area contributed by atoms with Gasteiger partial charge in [0.15, 0.2) is 0 Å². The van der Waals surface area contributed by atoms with Crippen molar-refractivity contribution in [2.45, 2.75) is 51.0 Å². The molecule has 2 aromatic rings. The molecule has 1 aliphatic carbocycles. The van der Waals surface area contributed by atoms with Crippen molar-refractivity contribution in [3.63, 3.8) is 0 Å². The fraction of sp³-hybridized carbons (Fsp3) is 0.545. The van der Waals surface area contributed by atoms with Gasteiger partial charge in [0.2, 0.25) is 0 Å². The molecular formula is C22H29N3OS. The molecule has 144 valence electrons. The molecule has 1 aromatic heterocycles. The van der Waals surface area contributed by atoms with Crippen molar-refractivity contribution in [2.24, 2.45) is 5.92 Å². The summed E-state index contributed by atoms with van der Waals surface area (Å²) in [6, 6.07) is 10.6. The van der Waals surface area contributed by atoms with E-state index in [-0.39, 0.29) is 11.9 Å². The number of benzene rings is 1. The summed E-state index contributed by atoms with van der Waals surface area (Å²) in [6.45, 7) is 3.48. The van der Waals surface area contributed by atoms with Gasteiger partial charge in [0.1, 0.15) is 5.69 Å². The smallest absolute Gasteiger partial charge is 0.270 e. The van der Waals surface area contributed by atoms with E-state index in [0.717, 1.165) is 43.3 Å². The van der Waals surface area contributed by atoms with Gasteiger partial charge in [0, 0.05) is 37.5 Å². The predicted molar refractivity (Wildman–Crippen MR) is 110 cm³/mol. The molecule has 0 radical (unpaired) electrons. The number of thiazole rings is 1. The van der Waals surface area contributed by atoms with Crippen LogP contribution in [-0.2, 0) is 6.42 Å². The number of hydrogen-bond acceptors (Lipinski definition) is 4. The van der Waals surface area contributed by atoms with E-state index in [1.54, 1.807) is 11.3 Å². The quantitative estimate of drug-likeness (QED) is 0.816. The lowest BCUT2D eigenvalue weighted by atomic mass is 10.0. The first-order valence-corrected chi connectivity index (χ1v) is 11.2. The van der Waals surface area contributed by atoms with Crippen molar-refractivity contribution in [3.8, 4) is 0 Å². The summed E-state index contributed by atoms with van der Waals surface area (Å²) in [6.07, 6.45) is 8.54. The molecular weight excluding hydrogens is 354 g/mol. The van der Waals surface area contributed by atoms with Crippen molar-refractivity contribution in [1.29, 1.82) is 0 Å². The van der Waals surface area contributed by atoms with Crippen molar-refractivity contribution in [1.82, 2.24) is 15.2 Å². The summed E-state index contributed by atoms with van der Waals surface area (Å²) in [4.78, 5) is 19.7. The molecule has 0 spiro atoms. The van der Waals surface area contributed by atoms with E-state index in [9.17, 15) is 4.79 Å². The number of hydrogen-bond donors (Lipinski definition) is 1. The van der Waals surface area contributed by atoms with Crippen molar-refractivity contribution < 1.29 is 4.79 Å². The third-order valence-electron chi connectivity index (χ3n) is 5.90. The van der Waals surface area contributed by atoms with Gasteiger partial charge >= 0.3 is 0 Å². The van der Waals surface area contributed by atoms with Gasteiger partial charge in [-0.2, -0.15) is 0 Å². The summed E-state index contributed by atoms with van der Waals surface area (Å²) in [7, 11) is 0. The Morgan fingerprint density at radius 1 is 1.11 bits per heavy atom. The number of nitrogens with one attached hydrogen (secondary N) is 1. The van der Waals surface area contributed by atoms with Crippen LogP contribution in [-0.4, -0.2) is 41.5 Å².